The lowest BCUT2D eigenvalue weighted by atomic mass is 10.1. The average molecular weight is 557 g/mol. The first-order chi connectivity index (χ1) is 18.8. The first-order valence-electron chi connectivity index (χ1n) is 13.0. The summed E-state index contributed by atoms with van der Waals surface area (Å²) in [6, 6.07) is 4.74. The Balaban J connectivity index is 1.70. The number of ether oxygens (including phenoxy) is 1. The van der Waals surface area contributed by atoms with Gasteiger partial charge in [0.15, 0.2) is 5.52 Å². The number of aromatic nitrogens is 6. The van der Waals surface area contributed by atoms with Crippen LogP contribution in [-0.2, 0) is 23.5 Å². The predicted molar refractivity (Wildman–Crippen MR) is 143 cm³/mol. The first-order valence-corrected chi connectivity index (χ1v) is 14.4. The van der Waals surface area contributed by atoms with Crippen molar-refractivity contribution >= 4 is 21.1 Å². The Morgan fingerprint density at radius 2 is 1.85 bits per heavy atom. The Kier molecular flexibility index (Phi) is 7.51. The molecule has 1 aliphatic heterocycles. The van der Waals surface area contributed by atoms with E-state index in [1.165, 1.54) is 13.6 Å². The zero-order valence-electron chi connectivity index (χ0n) is 22.5. The van der Waals surface area contributed by atoms with Gasteiger partial charge in [-0.2, -0.15) is 19.1 Å². The van der Waals surface area contributed by atoms with E-state index < -0.39 is 10.0 Å². The molecule has 1 aliphatic rings. The number of hydrogen-bond donors (Lipinski definition) is 0. The molecule has 0 amide bonds. The van der Waals surface area contributed by atoms with E-state index in [1.807, 2.05) is 20.9 Å². The molecule has 208 valence electrons. The van der Waals surface area contributed by atoms with Crippen LogP contribution in [0.5, 0.6) is 5.75 Å². The van der Waals surface area contributed by atoms with Gasteiger partial charge in [-0.3, -0.25) is 9.36 Å². The third-order valence-corrected chi connectivity index (χ3v) is 8.65. The molecule has 0 aliphatic carbocycles. The minimum atomic E-state index is -3.77. The Bertz CT molecular complexity index is 1640. The lowest BCUT2D eigenvalue weighted by Crippen LogP contribution is -2.47. The molecule has 1 saturated heterocycles. The number of aryl methyl sites for hydroxylation is 1. The van der Waals surface area contributed by atoms with Crippen LogP contribution in [-0.4, -0.2) is 86.9 Å². The summed E-state index contributed by atoms with van der Waals surface area (Å²) in [6.07, 6.45) is 3.26. The fourth-order valence-corrected chi connectivity index (χ4v) is 6.06. The standard InChI is InChI=1S/C25H32N8O5S/c1-5-7-19-21-22(33(28-19)25-26-16-38-29-25)24(34)31(4)23(27-21)18-15-17(8-9-20(18)37-14-6-2)39(35,36)32-12-10-30(3)11-13-32/h8-9,15-16H,5-7,10-14H2,1-4H3. The highest BCUT2D eigenvalue weighted by Gasteiger charge is 2.29. The molecule has 0 atom stereocenters. The molecule has 3 aromatic heterocycles. The second kappa shape index (κ2) is 10.9. The quantitative estimate of drug-likeness (QED) is 0.300. The van der Waals surface area contributed by atoms with Gasteiger partial charge < -0.3 is 14.2 Å². The maximum atomic E-state index is 13.7. The number of rotatable bonds is 9. The smallest absolute Gasteiger partial charge is 0.291 e. The van der Waals surface area contributed by atoms with E-state index in [4.69, 9.17) is 14.2 Å². The molecule has 1 fully saturated rings. The van der Waals surface area contributed by atoms with Crippen LogP contribution in [0.15, 0.2) is 38.8 Å². The highest BCUT2D eigenvalue weighted by molar-refractivity contribution is 7.89. The maximum absolute atomic E-state index is 13.7. The SMILES string of the molecule is CCCOc1ccc(S(=O)(=O)N2CCN(C)CC2)cc1-c1nc2c(CCC)nn(-c3ncon3)c2c(=O)n1C. The van der Waals surface area contributed by atoms with Gasteiger partial charge in [0.2, 0.25) is 16.4 Å². The third-order valence-electron chi connectivity index (χ3n) is 6.75. The predicted octanol–water partition coefficient (Wildman–Crippen LogP) is 1.85. The van der Waals surface area contributed by atoms with Crippen molar-refractivity contribution in [2.45, 2.75) is 38.0 Å². The largest absolute Gasteiger partial charge is 0.493 e. The van der Waals surface area contributed by atoms with Crippen molar-refractivity contribution in [3.63, 3.8) is 0 Å². The van der Waals surface area contributed by atoms with Crippen molar-refractivity contribution in [2.24, 2.45) is 7.05 Å². The number of hydrogen-bond acceptors (Lipinski definition) is 10. The fourth-order valence-electron chi connectivity index (χ4n) is 4.61. The molecule has 0 N–H and O–H groups in total. The molecule has 0 unspecified atom stereocenters. The summed E-state index contributed by atoms with van der Waals surface area (Å²) in [4.78, 5) is 24.9. The third kappa shape index (κ3) is 4.94. The minimum absolute atomic E-state index is 0.122. The van der Waals surface area contributed by atoms with Gasteiger partial charge in [0.05, 0.1) is 22.8 Å². The highest BCUT2D eigenvalue weighted by atomic mass is 32.2. The van der Waals surface area contributed by atoms with Crippen molar-refractivity contribution in [3.05, 3.63) is 40.6 Å². The van der Waals surface area contributed by atoms with E-state index in [0.717, 1.165) is 19.2 Å². The minimum Gasteiger partial charge on any atom is -0.493 e. The van der Waals surface area contributed by atoms with Crippen LogP contribution in [0.3, 0.4) is 0 Å². The molecular weight excluding hydrogens is 524 g/mol. The Labute approximate surface area is 226 Å². The number of likely N-dealkylation sites (N-methyl/N-ethyl adjacent to an activating group) is 1. The first kappa shape index (κ1) is 27.0. The lowest BCUT2D eigenvalue weighted by Gasteiger charge is -2.31. The number of sulfonamides is 1. The molecule has 39 heavy (non-hydrogen) atoms. The molecule has 4 aromatic rings. The highest BCUT2D eigenvalue weighted by Crippen LogP contribution is 2.33. The summed E-state index contributed by atoms with van der Waals surface area (Å²) in [5.74, 6) is 0.846. The van der Waals surface area contributed by atoms with E-state index in [2.05, 4.69) is 20.1 Å². The van der Waals surface area contributed by atoms with E-state index >= 15 is 0 Å². The Hall–Kier alpha value is -3.62. The second-order valence-electron chi connectivity index (χ2n) is 9.55. The molecule has 0 spiro atoms. The molecule has 1 aromatic carbocycles. The van der Waals surface area contributed by atoms with Gasteiger partial charge in [-0.05, 0) is 43.2 Å². The molecule has 4 heterocycles. The van der Waals surface area contributed by atoms with E-state index in [9.17, 15) is 13.2 Å². The fraction of sp³-hybridized carbons (Fsp3) is 0.480. The van der Waals surface area contributed by atoms with Crippen LogP contribution in [0, 0.1) is 0 Å². The lowest BCUT2D eigenvalue weighted by molar-refractivity contribution is 0.222. The summed E-state index contributed by atoms with van der Waals surface area (Å²) in [5.41, 5.74) is 1.24. The van der Waals surface area contributed by atoms with Crippen molar-refractivity contribution < 1.29 is 17.7 Å². The van der Waals surface area contributed by atoms with Gasteiger partial charge in [-0.15, -0.1) is 0 Å². The second-order valence-corrected chi connectivity index (χ2v) is 11.5. The zero-order valence-corrected chi connectivity index (χ0v) is 23.3. The number of nitrogens with zero attached hydrogens (tertiary/aromatic N) is 8. The van der Waals surface area contributed by atoms with Gasteiger partial charge in [-0.25, -0.2) is 13.4 Å². The van der Waals surface area contributed by atoms with Gasteiger partial charge in [0.25, 0.3) is 11.5 Å². The normalized spacial score (nSPS) is 15.3. The zero-order chi connectivity index (χ0) is 27.7. The summed E-state index contributed by atoms with van der Waals surface area (Å²) < 4.78 is 42.2. The summed E-state index contributed by atoms with van der Waals surface area (Å²) in [7, 11) is -0.213. The van der Waals surface area contributed by atoms with Crippen molar-refractivity contribution in [1.82, 2.24) is 38.7 Å². The van der Waals surface area contributed by atoms with Crippen LogP contribution >= 0.6 is 0 Å². The summed E-state index contributed by atoms with van der Waals surface area (Å²) >= 11 is 0. The van der Waals surface area contributed by atoms with Crippen LogP contribution in [0.2, 0.25) is 0 Å². The molecule has 14 heteroatoms. The summed E-state index contributed by atoms with van der Waals surface area (Å²) in [6.45, 7) is 6.52. The van der Waals surface area contributed by atoms with Gasteiger partial charge >= 0.3 is 0 Å². The van der Waals surface area contributed by atoms with E-state index in [0.29, 0.717) is 61.7 Å². The molecule has 5 rings (SSSR count). The van der Waals surface area contributed by atoms with Gasteiger partial charge in [0, 0.05) is 33.2 Å². The topological polar surface area (TPSA) is 141 Å². The monoisotopic (exact) mass is 556 g/mol. The molecule has 0 bridgehead atoms. The van der Waals surface area contributed by atoms with E-state index in [1.54, 1.807) is 25.2 Å². The Morgan fingerprint density at radius 3 is 2.51 bits per heavy atom. The summed E-state index contributed by atoms with van der Waals surface area (Å²) in [5, 5.41) is 8.41. The molecule has 0 radical (unpaired) electrons. The van der Waals surface area contributed by atoms with Crippen molar-refractivity contribution in [1.29, 1.82) is 0 Å². The van der Waals surface area contributed by atoms with Crippen LogP contribution in [0.25, 0.3) is 28.4 Å². The van der Waals surface area contributed by atoms with Gasteiger partial charge in [0.1, 0.15) is 17.1 Å². The van der Waals surface area contributed by atoms with Crippen LogP contribution in [0.4, 0.5) is 0 Å². The number of fused-ring (bicyclic) bond motifs is 1. The maximum Gasteiger partial charge on any atom is 0.291 e. The average Bonchev–Trinajstić information content (AvgIpc) is 3.58. The van der Waals surface area contributed by atoms with Crippen molar-refractivity contribution in [3.8, 4) is 23.1 Å². The number of benzene rings is 1. The van der Waals surface area contributed by atoms with Crippen molar-refractivity contribution in [2.75, 3.05) is 39.8 Å². The van der Waals surface area contributed by atoms with E-state index in [-0.39, 0.29) is 27.7 Å². The number of piperazine rings is 1. The molecular formula is C25H32N8O5S. The van der Waals surface area contributed by atoms with Crippen LogP contribution < -0.4 is 10.3 Å². The molecule has 13 nitrogen and oxygen atoms in total. The van der Waals surface area contributed by atoms with Gasteiger partial charge in [-0.1, -0.05) is 20.3 Å². The Morgan fingerprint density at radius 1 is 1.08 bits per heavy atom. The molecule has 0 saturated carbocycles. The van der Waals surface area contributed by atoms with Crippen LogP contribution in [0.1, 0.15) is 32.4 Å².